The average molecular weight is 466 g/mol. The van der Waals surface area contributed by atoms with Crippen LogP contribution in [0.25, 0.3) is 21.3 Å². The van der Waals surface area contributed by atoms with Crippen LogP contribution in [0.1, 0.15) is 11.4 Å². The number of benzene rings is 2. The van der Waals surface area contributed by atoms with Crippen LogP contribution in [0.5, 0.6) is 5.75 Å². The summed E-state index contributed by atoms with van der Waals surface area (Å²) in [6, 6.07) is 17.6. The summed E-state index contributed by atoms with van der Waals surface area (Å²) in [4.78, 5) is 23.5. The maximum Gasteiger partial charge on any atom is 0.260 e. The first-order valence-corrected chi connectivity index (χ1v) is 11.5. The minimum atomic E-state index is -0.645. The van der Waals surface area contributed by atoms with Crippen LogP contribution in [-0.4, -0.2) is 53.4 Å². The minimum absolute atomic E-state index is 0.186. The highest BCUT2D eigenvalue weighted by molar-refractivity contribution is 7.17. The lowest BCUT2D eigenvalue weighted by Gasteiger charge is -2.24. The fourth-order valence-electron chi connectivity index (χ4n) is 3.92. The van der Waals surface area contributed by atoms with Crippen molar-refractivity contribution in [2.45, 2.75) is 19.2 Å². The van der Waals surface area contributed by atoms with Crippen molar-refractivity contribution >= 4 is 21.6 Å². The first-order valence-electron chi connectivity index (χ1n) is 10.7. The number of hydrogen-bond donors (Lipinski definition) is 2. The van der Waals surface area contributed by atoms with E-state index in [9.17, 15) is 9.90 Å². The molecule has 0 spiro atoms. The van der Waals surface area contributed by atoms with Crippen molar-refractivity contribution in [2.75, 3.05) is 27.4 Å². The van der Waals surface area contributed by atoms with Crippen molar-refractivity contribution in [3.05, 3.63) is 81.7 Å². The maximum atomic E-state index is 13.1. The molecule has 0 saturated carbocycles. The van der Waals surface area contributed by atoms with E-state index in [2.05, 4.69) is 9.88 Å². The van der Waals surface area contributed by atoms with Gasteiger partial charge in [-0.15, -0.1) is 11.3 Å². The van der Waals surface area contributed by atoms with Crippen LogP contribution in [0.2, 0.25) is 0 Å². The van der Waals surface area contributed by atoms with E-state index < -0.39 is 6.10 Å². The summed E-state index contributed by atoms with van der Waals surface area (Å²) in [7, 11) is 3.18. The van der Waals surface area contributed by atoms with Gasteiger partial charge >= 0.3 is 0 Å². The summed E-state index contributed by atoms with van der Waals surface area (Å²) in [5, 5.41) is 12.8. The molecular weight excluding hydrogens is 438 g/mol. The number of ether oxygens (including phenoxy) is 2. The molecule has 0 aliphatic rings. The Morgan fingerprint density at radius 2 is 1.82 bits per heavy atom. The topological polar surface area (TPSA) is 87.7 Å². The Morgan fingerprint density at radius 1 is 1.06 bits per heavy atom. The average Bonchev–Trinajstić information content (AvgIpc) is 3.24. The van der Waals surface area contributed by atoms with E-state index in [0.717, 1.165) is 16.7 Å². The number of fused-ring (bicyclic) bond motifs is 1. The largest absolute Gasteiger partial charge is 0.496 e. The molecule has 0 radical (unpaired) electrons. The lowest BCUT2D eigenvalue weighted by molar-refractivity contribution is 0.0332. The van der Waals surface area contributed by atoms with Gasteiger partial charge in [0.25, 0.3) is 5.56 Å². The van der Waals surface area contributed by atoms with Gasteiger partial charge in [0.05, 0.1) is 31.8 Å². The van der Waals surface area contributed by atoms with Gasteiger partial charge in [-0.05, 0) is 11.6 Å². The van der Waals surface area contributed by atoms with Crippen molar-refractivity contribution in [2.24, 2.45) is 0 Å². The maximum absolute atomic E-state index is 13.1. The molecule has 4 aromatic rings. The van der Waals surface area contributed by atoms with Gasteiger partial charge in [0.15, 0.2) is 0 Å². The SMILES string of the molecule is COC[C@H](O)CN(Cc1ccccc1)Cc1nc2scc(-c3ccccc3OC)c2c(=O)[nH]1. The Balaban J connectivity index is 1.64. The predicted octanol–water partition coefficient (Wildman–Crippen LogP) is 3.67. The van der Waals surface area contributed by atoms with Crippen LogP contribution in [-0.2, 0) is 17.8 Å². The highest BCUT2D eigenvalue weighted by atomic mass is 32.1. The Hall–Kier alpha value is -3.04. The molecule has 0 aliphatic heterocycles. The van der Waals surface area contributed by atoms with E-state index in [1.54, 1.807) is 14.2 Å². The Morgan fingerprint density at radius 3 is 2.58 bits per heavy atom. The molecule has 7 nitrogen and oxygen atoms in total. The van der Waals surface area contributed by atoms with Crippen LogP contribution in [0.3, 0.4) is 0 Å². The summed E-state index contributed by atoms with van der Waals surface area (Å²) >= 11 is 1.43. The van der Waals surface area contributed by atoms with Crippen LogP contribution in [0.4, 0.5) is 0 Å². The molecule has 2 aromatic carbocycles. The summed E-state index contributed by atoms with van der Waals surface area (Å²) in [6.07, 6.45) is -0.645. The number of nitrogens with zero attached hydrogens (tertiary/aromatic N) is 2. The minimum Gasteiger partial charge on any atom is -0.496 e. The Bertz CT molecular complexity index is 1260. The van der Waals surface area contributed by atoms with Gasteiger partial charge in [0.1, 0.15) is 16.4 Å². The van der Waals surface area contributed by atoms with Gasteiger partial charge in [0, 0.05) is 36.7 Å². The lowest BCUT2D eigenvalue weighted by atomic mass is 10.1. The number of hydrogen-bond acceptors (Lipinski definition) is 7. The van der Waals surface area contributed by atoms with E-state index in [0.29, 0.717) is 41.4 Å². The number of aliphatic hydroxyl groups excluding tert-OH is 1. The third kappa shape index (κ3) is 5.48. The molecule has 2 N–H and O–H groups in total. The van der Waals surface area contributed by atoms with E-state index in [-0.39, 0.29) is 12.2 Å². The number of aromatic nitrogens is 2. The van der Waals surface area contributed by atoms with Crippen LogP contribution in [0.15, 0.2) is 64.8 Å². The standard InChI is InChI=1S/C25H27N3O4S/c1-31-15-18(29)13-28(12-17-8-4-3-5-9-17)14-22-26-24(30)23-20(16-33-25(23)27-22)19-10-6-7-11-21(19)32-2/h3-11,16,18,29H,12-15H2,1-2H3,(H,26,27,30)/t18-/m1/s1. The van der Waals surface area contributed by atoms with E-state index in [4.69, 9.17) is 14.5 Å². The quantitative estimate of drug-likeness (QED) is 0.372. The molecule has 1 atom stereocenters. The molecule has 0 fully saturated rings. The molecule has 0 saturated heterocycles. The second-order valence-electron chi connectivity index (χ2n) is 7.81. The van der Waals surface area contributed by atoms with Crippen molar-refractivity contribution in [1.82, 2.24) is 14.9 Å². The molecule has 0 unspecified atom stereocenters. The molecule has 2 aromatic heterocycles. The van der Waals surface area contributed by atoms with Crippen LogP contribution >= 0.6 is 11.3 Å². The second-order valence-corrected chi connectivity index (χ2v) is 8.66. The summed E-state index contributed by atoms with van der Waals surface area (Å²) < 4.78 is 10.6. The van der Waals surface area contributed by atoms with Crippen LogP contribution < -0.4 is 10.3 Å². The fraction of sp³-hybridized carbons (Fsp3) is 0.280. The molecule has 0 bridgehead atoms. The number of rotatable bonds is 10. The smallest absolute Gasteiger partial charge is 0.260 e. The van der Waals surface area contributed by atoms with E-state index >= 15 is 0 Å². The zero-order valence-electron chi connectivity index (χ0n) is 18.7. The number of para-hydroxylation sites is 1. The van der Waals surface area contributed by atoms with Crippen molar-refractivity contribution in [3.63, 3.8) is 0 Å². The summed E-state index contributed by atoms with van der Waals surface area (Å²) in [5.41, 5.74) is 2.60. The van der Waals surface area contributed by atoms with Crippen molar-refractivity contribution < 1.29 is 14.6 Å². The number of aliphatic hydroxyl groups is 1. The van der Waals surface area contributed by atoms with Gasteiger partial charge < -0.3 is 19.6 Å². The molecule has 4 rings (SSSR count). The van der Waals surface area contributed by atoms with Gasteiger partial charge in [-0.1, -0.05) is 48.5 Å². The van der Waals surface area contributed by atoms with Crippen molar-refractivity contribution in [1.29, 1.82) is 0 Å². The van der Waals surface area contributed by atoms with Gasteiger partial charge in [-0.3, -0.25) is 9.69 Å². The normalized spacial score (nSPS) is 12.4. The first kappa shape index (κ1) is 23.1. The molecular formula is C25H27N3O4S. The molecule has 0 aliphatic carbocycles. The van der Waals surface area contributed by atoms with Gasteiger partial charge in [-0.25, -0.2) is 4.98 Å². The number of thiophene rings is 1. The number of nitrogens with one attached hydrogen (secondary N) is 1. The molecule has 2 heterocycles. The number of aromatic amines is 1. The van der Waals surface area contributed by atoms with Gasteiger partial charge in [-0.2, -0.15) is 0 Å². The lowest BCUT2D eigenvalue weighted by Crippen LogP contribution is -2.35. The monoisotopic (exact) mass is 465 g/mol. The van der Waals surface area contributed by atoms with E-state index in [1.165, 1.54) is 11.3 Å². The van der Waals surface area contributed by atoms with Crippen LogP contribution in [0, 0.1) is 0 Å². The predicted molar refractivity (Wildman–Crippen MR) is 131 cm³/mol. The first-order chi connectivity index (χ1) is 16.1. The number of methoxy groups -OCH3 is 2. The highest BCUT2D eigenvalue weighted by Gasteiger charge is 2.18. The molecule has 172 valence electrons. The summed E-state index contributed by atoms with van der Waals surface area (Å²) in [6.45, 7) is 1.63. The second kappa shape index (κ2) is 10.7. The molecule has 8 heteroatoms. The Labute approximate surface area is 196 Å². The van der Waals surface area contributed by atoms with Gasteiger partial charge in [0.2, 0.25) is 0 Å². The third-order valence-corrected chi connectivity index (χ3v) is 6.21. The molecule has 33 heavy (non-hydrogen) atoms. The Kier molecular flexibility index (Phi) is 7.51. The fourth-order valence-corrected chi connectivity index (χ4v) is 4.87. The number of H-pyrrole nitrogens is 1. The third-order valence-electron chi connectivity index (χ3n) is 5.34. The summed E-state index contributed by atoms with van der Waals surface area (Å²) in [5.74, 6) is 1.27. The van der Waals surface area contributed by atoms with E-state index in [1.807, 2.05) is 60.0 Å². The molecule has 0 amide bonds. The van der Waals surface area contributed by atoms with Crippen molar-refractivity contribution in [3.8, 4) is 16.9 Å². The zero-order chi connectivity index (χ0) is 23.2. The zero-order valence-corrected chi connectivity index (χ0v) is 19.5. The highest BCUT2D eigenvalue weighted by Crippen LogP contribution is 2.36.